The summed E-state index contributed by atoms with van der Waals surface area (Å²) in [6.07, 6.45) is 23.6. The zero-order chi connectivity index (χ0) is 31.1. The second-order valence-electron chi connectivity index (χ2n) is 12.5. The van der Waals surface area contributed by atoms with Crippen molar-refractivity contribution in [3.63, 3.8) is 0 Å². The minimum absolute atomic E-state index is 0.128. The van der Waals surface area contributed by atoms with Crippen molar-refractivity contribution in [3.05, 3.63) is 161 Å². The molecule has 0 saturated heterocycles. The number of fused-ring (bicyclic) bond motifs is 2. The lowest BCUT2D eigenvalue weighted by Gasteiger charge is -2.41. The molecule has 0 heterocycles. The lowest BCUT2D eigenvalue weighted by atomic mass is 9.72. The predicted molar refractivity (Wildman–Crippen MR) is 186 cm³/mol. The highest BCUT2D eigenvalue weighted by Crippen LogP contribution is 2.43. The van der Waals surface area contributed by atoms with Crippen LogP contribution in [0.4, 0.5) is 5.69 Å². The van der Waals surface area contributed by atoms with Gasteiger partial charge in [-0.25, -0.2) is 0 Å². The number of ketones is 2. The van der Waals surface area contributed by atoms with E-state index in [0.29, 0.717) is 35.3 Å². The van der Waals surface area contributed by atoms with Crippen molar-refractivity contribution in [2.75, 3.05) is 4.90 Å². The van der Waals surface area contributed by atoms with E-state index in [4.69, 9.17) is 0 Å². The first kappa shape index (κ1) is 28.7. The molecule has 3 aromatic carbocycles. The second-order valence-corrected chi connectivity index (χ2v) is 12.5. The van der Waals surface area contributed by atoms with Gasteiger partial charge in [-0.1, -0.05) is 111 Å². The van der Waals surface area contributed by atoms with Crippen molar-refractivity contribution in [1.82, 2.24) is 0 Å². The smallest absolute Gasteiger partial charge is 0.197 e. The summed E-state index contributed by atoms with van der Waals surface area (Å²) < 4.78 is 0. The van der Waals surface area contributed by atoms with Crippen LogP contribution in [-0.4, -0.2) is 11.6 Å². The highest BCUT2D eigenvalue weighted by atomic mass is 16.2. The summed E-state index contributed by atoms with van der Waals surface area (Å²) in [5.41, 5.74) is 7.71. The molecule has 45 heavy (non-hydrogen) atoms. The summed E-state index contributed by atoms with van der Waals surface area (Å²) in [5, 5.41) is 2.38. The highest BCUT2D eigenvalue weighted by Gasteiger charge is 2.35. The van der Waals surface area contributed by atoms with E-state index >= 15 is 0 Å². The molecule has 0 spiro atoms. The van der Waals surface area contributed by atoms with E-state index in [2.05, 4.69) is 110 Å². The fourth-order valence-corrected chi connectivity index (χ4v) is 7.25. The lowest BCUT2D eigenvalue weighted by molar-refractivity contribution is -0.115. The molecular weight excluding hydrogens is 550 g/mol. The Kier molecular flexibility index (Phi) is 7.55. The van der Waals surface area contributed by atoms with Crippen molar-refractivity contribution in [2.24, 2.45) is 17.8 Å². The maximum absolute atomic E-state index is 13.1. The molecule has 7 rings (SSSR count). The van der Waals surface area contributed by atoms with Gasteiger partial charge in [0.25, 0.3) is 0 Å². The molecule has 3 heteroatoms. The number of anilines is 1. The van der Waals surface area contributed by atoms with Crippen LogP contribution in [0, 0.1) is 24.7 Å². The Hall–Kier alpha value is -5.02. The molecule has 3 atom stereocenters. The van der Waals surface area contributed by atoms with Gasteiger partial charge in [-0.3, -0.25) is 9.59 Å². The molecule has 0 aromatic heterocycles. The largest absolute Gasteiger partial charge is 0.314 e. The van der Waals surface area contributed by atoms with Gasteiger partial charge in [0.05, 0.1) is 11.3 Å². The van der Waals surface area contributed by atoms with E-state index in [-0.39, 0.29) is 17.1 Å². The summed E-state index contributed by atoms with van der Waals surface area (Å²) in [6.45, 7) is 9.02. The molecule has 3 nitrogen and oxygen atoms in total. The molecule has 0 amide bonds. The van der Waals surface area contributed by atoms with Gasteiger partial charge in [0, 0.05) is 33.8 Å². The molecule has 0 saturated carbocycles. The van der Waals surface area contributed by atoms with Crippen LogP contribution in [-0.2, 0) is 9.59 Å². The minimum Gasteiger partial charge on any atom is -0.314 e. The number of allylic oxidation sites excluding steroid dienone is 12. The maximum atomic E-state index is 13.1. The Labute approximate surface area is 265 Å². The van der Waals surface area contributed by atoms with Crippen LogP contribution in [0.5, 0.6) is 0 Å². The normalized spacial score (nSPS) is 23.2. The molecule has 0 N–H and O–H groups in total. The van der Waals surface area contributed by atoms with Gasteiger partial charge in [0.1, 0.15) is 0 Å². The zero-order valence-electron chi connectivity index (χ0n) is 25.9. The highest BCUT2D eigenvalue weighted by molar-refractivity contribution is 6.40. The van der Waals surface area contributed by atoms with Gasteiger partial charge in [0.2, 0.25) is 0 Å². The fraction of sp³-hybridized carbons (Fsp3) is 0.190. The standard InChI is InChI=1S/C42H37NO2/c1-27-19-21-30(26-38-41(44)36-16-8-9-17-37(36)42(38)45)25-33(27)22-20-28(2)43(40-18-10-13-31-11-5-7-15-35(31)40)39-24-23-32-12-4-6-14-34(32)29(39)3/h4-8,10-16,18-22,24-26,29,32,34H,2,9,17,23H2,1,3H3/b22-20-,38-26+. The Morgan fingerprint density at radius 3 is 2.67 bits per heavy atom. The molecule has 222 valence electrons. The average molecular weight is 588 g/mol. The first-order valence-corrected chi connectivity index (χ1v) is 15.9. The topological polar surface area (TPSA) is 37.4 Å². The number of carbonyl (C=O) groups excluding carboxylic acids is 2. The van der Waals surface area contributed by atoms with Crippen LogP contribution in [0.25, 0.3) is 22.9 Å². The zero-order valence-corrected chi connectivity index (χ0v) is 25.9. The van der Waals surface area contributed by atoms with Gasteiger partial charge in [-0.05, 0) is 84.4 Å². The third kappa shape index (κ3) is 5.23. The van der Waals surface area contributed by atoms with E-state index in [0.717, 1.165) is 40.9 Å². The number of aryl methyl sites for hydroxylation is 1. The van der Waals surface area contributed by atoms with Crippen LogP contribution >= 0.6 is 0 Å². The van der Waals surface area contributed by atoms with Gasteiger partial charge in [-0.2, -0.15) is 0 Å². The number of nitrogens with zero attached hydrogens (tertiary/aromatic N) is 1. The monoisotopic (exact) mass is 587 g/mol. The number of hydrogen-bond acceptors (Lipinski definition) is 3. The Morgan fingerprint density at radius 2 is 1.80 bits per heavy atom. The maximum Gasteiger partial charge on any atom is 0.197 e. The molecule has 0 fully saturated rings. The first-order chi connectivity index (χ1) is 21.9. The van der Waals surface area contributed by atoms with E-state index in [1.54, 1.807) is 12.2 Å². The average Bonchev–Trinajstić information content (AvgIpc) is 3.31. The third-order valence-electron chi connectivity index (χ3n) is 9.74. The van der Waals surface area contributed by atoms with Crippen molar-refractivity contribution in [2.45, 2.75) is 33.1 Å². The van der Waals surface area contributed by atoms with E-state index in [9.17, 15) is 9.59 Å². The van der Waals surface area contributed by atoms with Crippen molar-refractivity contribution < 1.29 is 9.59 Å². The summed E-state index contributed by atoms with van der Waals surface area (Å²) in [6, 6.07) is 21.1. The van der Waals surface area contributed by atoms with Gasteiger partial charge < -0.3 is 4.90 Å². The molecule has 3 unspecified atom stereocenters. The summed E-state index contributed by atoms with van der Waals surface area (Å²) in [4.78, 5) is 28.5. The Morgan fingerprint density at radius 1 is 0.978 bits per heavy atom. The quantitative estimate of drug-likeness (QED) is 0.164. The van der Waals surface area contributed by atoms with Crippen LogP contribution in [0.15, 0.2) is 144 Å². The van der Waals surface area contributed by atoms with Gasteiger partial charge >= 0.3 is 0 Å². The van der Waals surface area contributed by atoms with Crippen LogP contribution in [0.2, 0.25) is 0 Å². The van der Waals surface area contributed by atoms with E-state index < -0.39 is 0 Å². The number of hydrogen-bond donors (Lipinski definition) is 0. The molecule has 4 aliphatic carbocycles. The summed E-state index contributed by atoms with van der Waals surface area (Å²) in [7, 11) is 0. The molecule has 0 aliphatic heterocycles. The number of carbonyl (C=O) groups is 2. The van der Waals surface area contributed by atoms with E-state index in [1.165, 1.54) is 16.5 Å². The number of Topliss-reactive ketones (excluding diaryl/α,β-unsaturated/α-hetero) is 2. The third-order valence-corrected chi connectivity index (χ3v) is 9.74. The summed E-state index contributed by atoms with van der Waals surface area (Å²) >= 11 is 0. The first-order valence-electron chi connectivity index (χ1n) is 15.9. The lowest BCUT2D eigenvalue weighted by Crippen LogP contribution is -2.34. The second kappa shape index (κ2) is 11.8. The molecule has 0 bridgehead atoms. The molecular formula is C42H37NO2. The molecule has 4 aliphatic rings. The number of rotatable bonds is 6. The predicted octanol–water partition coefficient (Wildman–Crippen LogP) is 9.65. The molecule has 0 radical (unpaired) electrons. The molecule has 3 aromatic rings. The van der Waals surface area contributed by atoms with Gasteiger partial charge in [-0.15, -0.1) is 0 Å². The number of benzene rings is 3. The Balaban J connectivity index is 1.24. The van der Waals surface area contributed by atoms with Crippen LogP contribution in [0.1, 0.15) is 42.9 Å². The summed E-state index contributed by atoms with van der Waals surface area (Å²) in [5.74, 6) is 0.968. The Bertz CT molecular complexity index is 1970. The minimum atomic E-state index is -0.164. The fourth-order valence-electron chi connectivity index (χ4n) is 7.25. The SMILES string of the molecule is C=C(/C=C\c1cc(/C=C2\C(=O)C3=C(CCC=C3)C2=O)ccc1C)N(C1=CCC2C=CC=CC2C1C)c1cccc2ccccc12. The van der Waals surface area contributed by atoms with Crippen molar-refractivity contribution in [1.29, 1.82) is 0 Å². The van der Waals surface area contributed by atoms with Crippen molar-refractivity contribution >= 4 is 40.2 Å². The van der Waals surface area contributed by atoms with Crippen LogP contribution in [0.3, 0.4) is 0 Å². The van der Waals surface area contributed by atoms with Crippen molar-refractivity contribution in [3.8, 4) is 0 Å². The van der Waals surface area contributed by atoms with E-state index in [1.807, 2.05) is 24.3 Å². The van der Waals surface area contributed by atoms with Crippen LogP contribution < -0.4 is 4.90 Å². The van der Waals surface area contributed by atoms with Gasteiger partial charge in [0.15, 0.2) is 11.6 Å².